The van der Waals surface area contributed by atoms with E-state index in [1.54, 1.807) is 0 Å². The summed E-state index contributed by atoms with van der Waals surface area (Å²) in [6.45, 7) is 3.98. The van der Waals surface area contributed by atoms with E-state index >= 15 is 0 Å². The van der Waals surface area contributed by atoms with E-state index < -0.39 is 0 Å². The Labute approximate surface area is 106 Å². The number of hydrogen-bond acceptors (Lipinski definition) is 2. The summed E-state index contributed by atoms with van der Waals surface area (Å²) in [6.07, 6.45) is 11.6. The second kappa shape index (κ2) is 6.53. The number of carbonyl (C=O) groups is 1. The van der Waals surface area contributed by atoms with Gasteiger partial charge in [-0.3, -0.25) is 9.69 Å². The van der Waals surface area contributed by atoms with Crippen molar-refractivity contribution in [2.75, 3.05) is 13.1 Å². The van der Waals surface area contributed by atoms with E-state index in [9.17, 15) is 4.79 Å². The number of rotatable bonds is 5. The average Bonchev–Trinajstić information content (AvgIpc) is 2.90. The van der Waals surface area contributed by atoms with Crippen LogP contribution in [0.4, 0.5) is 0 Å². The van der Waals surface area contributed by atoms with Crippen molar-refractivity contribution in [1.82, 2.24) is 4.90 Å². The van der Waals surface area contributed by atoms with Gasteiger partial charge in [-0.15, -0.1) is 0 Å². The fourth-order valence-corrected chi connectivity index (χ4v) is 3.52. The maximum Gasteiger partial charge on any atom is 0.149 e. The summed E-state index contributed by atoms with van der Waals surface area (Å²) in [6, 6.07) is 0.694. The van der Waals surface area contributed by atoms with Crippen LogP contribution in [-0.4, -0.2) is 29.8 Å². The maximum absolute atomic E-state index is 12.2. The second-order valence-electron chi connectivity index (χ2n) is 5.80. The summed E-state index contributed by atoms with van der Waals surface area (Å²) in [5.41, 5.74) is 0. The molecule has 2 aliphatic rings. The van der Waals surface area contributed by atoms with Gasteiger partial charge < -0.3 is 0 Å². The molecule has 0 bridgehead atoms. The molecule has 0 heterocycles. The normalized spacial score (nSPS) is 23.4. The van der Waals surface area contributed by atoms with Crippen molar-refractivity contribution in [1.29, 1.82) is 0 Å². The van der Waals surface area contributed by atoms with Crippen molar-refractivity contribution < 1.29 is 4.79 Å². The average molecular weight is 237 g/mol. The van der Waals surface area contributed by atoms with Crippen LogP contribution < -0.4 is 0 Å². The third-order valence-corrected chi connectivity index (χ3v) is 4.67. The molecule has 2 nitrogen and oxygen atoms in total. The molecular formula is C15H27NO. The lowest BCUT2D eigenvalue weighted by atomic mass is 9.93. The first kappa shape index (κ1) is 13.1. The van der Waals surface area contributed by atoms with Gasteiger partial charge in [-0.05, 0) is 32.2 Å². The number of ketones is 1. The summed E-state index contributed by atoms with van der Waals surface area (Å²) < 4.78 is 0. The molecule has 0 saturated heterocycles. The molecule has 2 aliphatic carbocycles. The van der Waals surface area contributed by atoms with Gasteiger partial charge in [0.05, 0.1) is 6.54 Å². The van der Waals surface area contributed by atoms with Crippen LogP contribution in [0.2, 0.25) is 0 Å². The van der Waals surface area contributed by atoms with Gasteiger partial charge in [-0.1, -0.05) is 39.0 Å². The van der Waals surface area contributed by atoms with Crippen molar-refractivity contribution in [3.63, 3.8) is 0 Å². The highest BCUT2D eigenvalue weighted by molar-refractivity contribution is 5.83. The van der Waals surface area contributed by atoms with Crippen molar-refractivity contribution in [3.8, 4) is 0 Å². The van der Waals surface area contributed by atoms with Crippen LogP contribution in [0.3, 0.4) is 0 Å². The SMILES string of the molecule is CCN(CC(=O)C1CCCC1)C1CCCCC1. The first-order chi connectivity index (χ1) is 8.31. The second-order valence-corrected chi connectivity index (χ2v) is 5.80. The highest BCUT2D eigenvalue weighted by Gasteiger charge is 2.27. The zero-order valence-corrected chi connectivity index (χ0v) is 11.3. The van der Waals surface area contributed by atoms with Crippen molar-refractivity contribution >= 4 is 5.78 Å². The lowest BCUT2D eigenvalue weighted by Crippen LogP contribution is -2.41. The first-order valence-electron chi connectivity index (χ1n) is 7.58. The summed E-state index contributed by atoms with van der Waals surface area (Å²) in [7, 11) is 0. The molecule has 2 heteroatoms. The van der Waals surface area contributed by atoms with Gasteiger partial charge in [0.25, 0.3) is 0 Å². The molecule has 0 spiro atoms. The molecule has 0 aromatic heterocycles. The van der Waals surface area contributed by atoms with Crippen LogP contribution in [0.1, 0.15) is 64.7 Å². The van der Waals surface area contributed by atoms with Crippen LogP contribution in [-0.2, 0) is 4.79 Å². The fraction of sp³-hybridized carbons (Fsp3) is 0.933. The summed E-state index contributed by atoms with van der Waals surface area (Å²) in [5.74, 6) is 0.919. The molecule has 98 valence electrons. The van der Waals surface area contributed by atoms with E-state index in [1.165, 1.54) is 44.9 Å². The van der Waals surface area contributed by atoms with Crippen LogP contribution in [0, 0.1) is 5.92 Å². The molecular weight excluding hydrogens is 210 g/mol. The molecule has 0 atom stereocenters. The van der Waals surface area contributed by atoms with Crippen molar-refractivity contribution in [2.24, 2.45) is 5.92 Å². The van der Waals surface area contributed by atoms with Crippen molar-refractivity contribution in [2.45, 2.75) is 70.8 Å². The molecule has 2 fully saturated rings. The molecule has 0 N–H and O–H groups in total. The van der Waals surface area contributed by atoms with Crippen molar-refractivity contribution in [3.05, 3.63) is 0 Å². The molecule has 0 aliphatic heterocycles. The molecule has 0 radical (unpaired) electrons. The number of Topliss-reactive ketones (excluding diaryl/α,β-unsaturated/α-hetero) is 1. The summed E-state index contributed by atoms with van der Waals surface area (Å²) in [5, 5.41) is 0. The third-order valence-electron chi connectivity index (χ3n) is 4.67. The minimum absolute atomic E-state index is 0.396. The molecule has 0 aromatic rings. The number of likely N-dealkylation sites (N-methyl/N-ethyl adjacent to an activating group) is 1. The number of nitrogens with zero attached hydrogens (tertiary/aromatic N) is 1. The highest BCUT2D eigenvalue weighted by Crippen LogP contribution is 2.27. The van der Waals surface area contributed by atoms with Gasteiger partial charge in [0, 0.05) is 12.0 Å². The van der Waals surface area contributed by atoms with Crippen LogP contribution in [0.25, 0.3) is 0 Å². The Balaban J connectivity index is 1.82. The monoisotopic (exact) mass is 237 g/mol. The standard InChI is InChI=1S/C15H27NO/c1-2-16(14-10-4-3-5-11-14)12-15(17)13-8-6-7-9-13/h13-14H,2-12H2,1H3. The van der Waals surface area contributed by atoms with Gasteiger partial charge in [0.1, 0.15) is 5.78 Å². The number of hydrogen-bond donors (Lipinski definition) is 0. The first-order valence-corrected chi connectivity index (χ1v) is 7.58. The van der Waals surface area contributed by atoms with E-state index in [1.807, 2.05) is 0 Å². The van der Waals surface area contributed by atoms with Gasteiger partial charge in [-0.2, -0.15) is 0 Å². The van der Waals surface area contributed by atoms with E-state index in [-0.39, 0.29) is 0 Å². The number of carbonyl (C=O) groups excluding carboxylic acids is 1. The predicted octanol–water partition coefficient (Wildman–Crippen LogP) is 3.40. The van der Waals surface area contributed by atoms with Crippen LogP contribution in [0.5, 0.6) is 0 Å². The Morgan fingerprint density at radius 2 is 1.59 bits per heavy atom. The maximum atomic E-state index is 12.2. The lowest BCUT2D eigenvalue weighted by molar-refractivity contribution is -0.124. The minimum Gasteiger partial charge on any atom is -0.298 e. The fourth-order valence-electron chi connectivity index (χ4n) is 3.52. The molecule has 2 saturated carbocycles. The lowest BCUT2D eigenvalue weighted by Gasteiger charge is -2.33. The Morgan fingerprint density at radius 1 is 1.00 bits per heavy atom. The minimum atomic E-state index is 0.396. The van der Waals surface area contributed by atoms with Crippen LogP contribution in [0.15, 0.2) is 0 Å². The molecule has 0 amide bonds. The van der Waals surface area contributed by atoms with Gasteiger partial charge in [0.2, 0.25) is 0 Å². The predicted molar refractivity (Wildman–Crippen MR) is 71.1 cm³/mol. The third kappa shape index (κ3) is 3.54. The topological polar surface area (TPSA) is 20.3 Å². The Hall–Kier alpha value is -0.370. The Morgan fingerprint density at radius 3 is 2.18 bits per heavy atom. The highest BCUT2D eigenvalue weighted by atomic mass is 16.1. The van der Waals surface area contributed by atoms with E-state index in [0.29, 0.717) is 17.7 Å². The van der Waals surface area contributed by atoms with Gasteiger partial charge in [0.15, 0.2) is 0 Å². The van der Waals surface area contributed by atoms with E-state index in [2.05, 4.69) is 11.8 Å². The Bertz CT molecular complexity index is 239. The molecule has 0 unspecified atom stereocenters. The van der Waals surface area contributed by atoms with Gasteiger partial charge in [-0.25, -0.2) is 0 Å². The molecule has 0 aromatic carbocycles. The smallest absolute Gasteiger partial charge is 0.149 e. The van der Waals surface area contributed by atoms with Crippen LogP contribution >= 0.6 is 0 Å². The molecule has 2 rings (SSSR count). The zero-order valence-electron chi connectivity index (χ0n) is 11.3. The molecule has 17 heavy (non-hydrogen) atoms. The summed E-state index contributed by atoms with van der Waals surface area (Å²) in [4.78, 5) is 14.7. The van der Waals surface area contributed by atoms with E-state index in [4.69, 9.17) is 0 Å². The quantitative estimate of drug-likeness (QED) is 0.730. The summed E-state index contributed by atoms with van der Waals surface area (Å²) >= 11 is 0. The Kier molecular flexibility index (Phi) is 5.02. The zero-order chi connectivity index (χ0) is 12.1. The largest absolute Gasteiger partial charge is 0.298 e. The van der Waals surface area contributed by atoms with Gasteiger partial charge >= 0.3 is 0 Å². The van der Waals surface area contributed by atoms with E-state index in [0.717, 1.165) is 25.9 Å².